The highest BCUT2D eigenvalue weighted by Crippen LogP contribution is 2.29. The summed E-state index contributed by atoms with van der Waals surface area (Å²) in [5.41, 5.74) is 6.22. The predicted molar refractivity (Wildman–Crippen MR) is 57.5 cm³/mol. The van der Waals surface area contributed by atoms with Gasteiger partial charge in [0.2, 0.25) is 0 Å². The Morgan fingerprint density at radius 1 is 1.50 bits per heavy atom. The Morgan fingerprint density at radius 3 is 2.79 bits per heavy atom. The number of nitrogens with zero attached hydrogens (tertiary/aromatic N) is 2. The van der Waals surface area contributed by atoms with E-state index in [1.54, 1.807) is 0 Å². The predicted octanol–water partition coefficient (Wildman–Crippen LogP) is 1.85. The largest absolute Gasteiger partial charge is 0.393 e. The van der Waals surface area contributed by atoms with Crippen molar-refractivity contribution < 1.29 is 0 Å². The average Bonchev–Trinajstić information content (AvgIpc) is 2.96. The summed E-state index contributed by atoms with van der Waals surface area (Å²) in [4.78, 5) is 8.37. The summed E-state index contributed by atoms with van der Waals surface area (Å²) in [5, 5.41) is 3.59. The van der Waals surface area contributed by atoms with Crippen LogP contribution in [0.25, 0.3) is 0 Å². The van der Waals surface area contributed by atoms with Crippen LogP contribution in [-0.4, -0.2) is 16.0 Å². The summed E-state index contributed by atoms with van der Waals surface area (Å²) < 4.78 is 0. The second-order valence-electron chi connectivity index (χ2n) is 3.47. The Balaban J connectivity index is 2.29. The Morgan fingerprint density at radius 2 is 2.21 bits per heavy atom. The zero-order valence-electron chi connectivity index (χ0n) is 8.05. The fraction of sp³-hybridized carbons (Fsp3) is 0.556. The second-order valence-corrected chi connectivity index (χ2v) is 3.82. The molecule has 1 saturated carbocycles. The Labute approximate surface area is 87.9 Å². The molecule has 3 N–H and O–H groups in total. The van der Waals surface area contributed by atoms with Gasteiger partial charge in [0.15, 0.2) is 11.0 Å². The van der Waals surface area contributed by atoms with Crippen molar-refractivity contribution in [3.05, 3.63) is 11.0 Å². The number of aryl methyl sites for hydroxylation is 1. The van der Waals surface area contributed by atoms with Gasteiger partial charge in [-0.05, 0) is 12.8 Å². The molecule has 0 atom stereocenters. The lowest BCUT2D eigenvalue weighted by molar-refractivity contribution is 0.935. The Bertz CT molecular complexity index is 349. The van der Waals surface area contributed by atoms with Gasteiger partial charge in [-0.25, -0.2) is 9.97 Å². The number of halogens is 1. The normalized spacial score (nSPS) is 15.6. The van der Waals surface area contributed by atoms with E-state index in [0.29, 0.717) is 22.7 Å². The summed E-state index contributed by atoms with van der Waals surface area (Å²) in [6.07, 6.45) is 3.13. The maximum Gasteiger partial charge on any atom is 0.157 e. The highest BCUT2D eigenvalue weighted by molar-refractivity contribution is 6.32. The highest BCUT2D eigenvalue weighted by atomic mass is 35.5. The van der Waals surface area contributed by atoms with Gasteiger partial charge in [0.25, 0.3) is 0 Å². The Hall–Kier alpha value is -1.03. The first-order valence-corrected chi connectivity index (χ1v) is 5.17. The molecule has 0 amide bonds. The SMILES string of the molecule is CCc1nc(Cl)c(N)c(NC2CC2)n1. The monoisotopic (exact) mass is 212 g/mol. The van der Waals surface area contributed by atoms with Gasteiger partial charge in [-0.3, -0.25) is 0 Å². The van der Waals surface area contributed by atoms with Crippen LogP contribution in [-0.2, 0) is 6.42 Å². The summed E-state index contributed by atoms with van der Waals surface area (Å²) >= 11 is 5.89. The van der Waals surface area contributed by atoms with E-state index in [2.05, 4.69) is 15.3 Å². The van der Waals surface area contributed by atoms with Crippen LogP contribution in [0.1, 0.15) is 25.6 Å². The quantitative estimate of drug-likeness (QED) is 0.751. The van der Waals surface area contributed by atoms with E-state index >= 15 is 0 Å². The molecule has 0 aliphatic heterocycles. The molecule has 0 aromatic carbocycles. The van der Waals surface area contributed by atoms with Gasteiger partial charge in [-0.1, -0.05) is 18.5 Å². The topological polar surface area (TPSA) is 63.8 Å². The molecule has 1 heterocycles. The van der Waals surface area contributed by atoms with E-state index in [0.717, 1.165) is 12.2 Å². The third kappa shape index (κ3) is 1.90. The van der Waals surface area contributed by atoms with E-state index in [1.807, 2.05) is 6.92 Å². The van der Waals surface area contributed by atoms with E-state index in [4.69, 9.17) is 17.3 Å². The third-order valence-corrected chi connectivity index (χ3v) is 2.47. The van der Waals surface area contributed by atoms with E-state index < -0.39 is 0 Å². The molecule has 1 aliphatic rings. The maximum absolute atomic E-state index is 5.89. The molecule has 0 bridgehead atoms. The molecule has 0 unspecified atom stereocenters. The third-order valence-electron chi connectivity index (χ3n) is 2.18. The van der Waals surface area contributed by atoms with Crippen molar-refractivity contribution in [1.29, 1.82) is 0 Å². The second kappa shape index (κ2) is 3.61. The van der Waals surface area contributed by atoms with Crippen LogP contribution in [0.15, 0.2) is 0 Å². The van der Waals surface area contributed by atoms with Crippen LogP contribution in [0.2, 0.25) is 5.15 Å². The fourth-order valence-electron chi connectivity index (χ4n) is 1.17. The van der Waals surface area contributed by atoms with Gasteiger partial charge in [0.05, 0.1) is 0 Å². The minimum Gasteiger partial charge on any atom is -0.393 e. The molecule has 0 radical (unpaired) electrons. The lowest BCUT2D eigenvalue weighted by Crippen LogP contribution is -2.09. The summed E-state index contributed by atoms with van der Waals surface area (Å²) in [7, 11) is 0. The number of nitrogens with two attached hydrogens (primary N) is 1. The van der Waals surface area contributed by atoms with E-state index in [9.17, 15) is 0 Å². The molecule has 1 aliphatic carbocycles. The molecule has 2 rings (SSSR count). The van der Waals surface area contributed by atoms with Crippen LogP contribution in [0.5, 0.6) is 0 Å². The number of rotatable bonds is 3. The lowest BCUT2D eigenvalue weighted by atomic mass is 10.4. The van der Waals surface area contributed by atoms with Crippen LogP contribution >= 0.6 is 11.6 Å². The molecule has 4 nitrogen and oxygen atoms in total. The van der Waals surface area contributed by atoms with Crippen molar-refractivity contribution in [3.63, 3.8) is 0 Å². The molecule has 0 saturated heterocycles. The van der Waals surface area contributed by atoms with Crippen molar-refractivity contribution in [2.24, 2.45) is 0 Å². The minimum absolute atomic E-state index is 0.347. The molecular formula is C9H13ClN4. The molecule has 5 heteroatoms. The zero-order chi connectivity index (χ0) is 10.1. The average molecular weight is 213 g/mol. The number of hydrogen-bond acceptors (Lipinski definition) is 4. The standard InChI is InChI=1S/C9H13ClN4/c1-2-6-13-8(10)7(11)9(14-6)12-5-3-4-5/h5H,2-4,11H2,1H3,(H,12,13,14). The Kier molecular flexibility index (Phi) is 2.46. The number of anilines is 2. The zero-order valence-corrected chi connectivity index (χ0v) is 8.80. The van der Waals surface area contributed by atoms with Crippen molar-refractivity contribution in [1.82, 2.24) is 9.97 Å². The van der Waals surface area contributed by atoms with Gasteiger partial charge in [-0.15, -0.1) is 0 Å². The van der Waals surface area contributed by atoms with Crippen molar-refractivity contribution in [2.45, 2.75) is 32.2 Å². The van der Waals surface area contributed by atoms with Crippen LogP contribution in [0, 0.1) is 0 Å². The van der Waals surface area contributed by atoms with E-state index in [-0.39, 0.29) is 0 Å². The first-order chi connectivity index (χ1) is 6.70. The lowest BCUT2D eigenvalue weighted by Gasteiger charge is -2.09. The molecule has 76 valence electrons. The van der Waals surface area contributed by atoms with Crippen LogP contribution in [0.3, 0.4) is 0 Å². The number of nitrogen functional groups attached to an aromatic ring is 1. The summed E-state index contributed by atoms with van der Waals surface area (Å²) in [6.45, 7) is 1.99. The van der Waals surface area contributed by atoms with Crippen molar-refractivity contribution in [3.8, 4) is 0 Å². The van der Waals surface area contributed by atoms with E-state index in [1.165, 1.54) is 12.8 Å². The highest BCUT2D eigenvalue weighted by Gasteiger charge is 2.23. The van der Waals surface area contributed by atoms with Crippen molar-refractivity contribution >= 4 is 23.1 Å². The number of hydrogen-bond donors (Lipinski definition) is 2. The first kappa shape index (κ1) is 9.52. The number of aromatic nitrogens is 2. The number of nitrogens with one attached hydrogen (secondary N) is 1. The fourth-order valence-corrected chi connectivity index (χ4v) is 1.36. The van der Waals surface area contributed by atoms with Crippen LogP contribution in [0.4, 0.5) is 11.5 Å². The van der Waals surface area contributed by atoms with Gasteiger partial charge in [0, 0.05) is 12.5 Å². The van der Waals surface area contributed by atoms with Crippen molar-refractivity contribution in [2.75, 3.05) is 11.1 Å². The van der Waals surface area contributed by atoms with Gasteiger partial charge < -0.3 is 11.1 Å². The smallest absolute Gasteiger partial charge is 0.157 e. The van der Waals surface area contributed by atoms with Crippen LogP contribution < -0.4 is 11.1 Å². The molecule has 1 fully saturated rings. The molecular weight excluding hydrogens is 200 g/mol. The minimum atomic E-state index is 0.347. The van der Waals surface area contributed by atoms with Gasteiger partial charge in [-0.2, -0.15) is 0 Å². The molecule has 0 spiro atoms. The van der Waals surface area contributed by atoms with Gasteiger partial charge >= 0.3 is 0 Å². The molecule has 1 aromatic rings. The molecule has 1 aromatic heterocycles. The van der Waals surface area contributed by atoms with Gasteiger partial charge in [0.1, 0.15) is 11.5 Å². The summed E-state index contributed by atoms with van der Waals surface area (Å²) in [6, 6.07) is 0.521. The molecule has 14 heavy (non-hydrogen) atoms. The maximum atomic E-state index is 5.89. The summed E-state index contributed by atoms with van der Waals surface area (Å²) in [5.74, 6) is 1.41. The first-order valence-electron chi connectivity index (χ1n) is 4.79.